The van der Waals surface area contributed by atoms with Crippen LogP contribution in [0.15, 0.2) is 0 Å². The van der Waals surface area contributed by atoms with Crippen LogP contribution >= 0.6 is 0 Å². The summed E-state index contributed by atoms with van der Waals surface area (Å²) in [6.45, 7) is 4.97. The summed E-state index contributed by atoms with van der Waals surface area (Å²) in [4.78, 5) is 0. The Balaban J connectivity index is 2.11. The van der Waals surface area contributed by atoms with Gasteiger partial charge in [0.1, 0.15) is 0 Å². The Morgan fingerprint density at radius 1 is 1.27 bits per heavy atom. The Hall–Kier alpha value is -0.130. The molecule has 2 fully saturated rings. The van der Waals surface area contributed by atoms with Gasteiger partial charge in [-0.25, -0.2) is 8.42 Å². The van der Waals surface area contributed by atoms with E-state index >= 15 is 0 Å². The fraction of sp³-hybridized carbons (Fsp3) is 1.00. The lowest BCUT2D eigenvalue weighted by Gasteiger charge is -2.38. The van der Waals surface area contributed by atoms with E-state index in [0.717, 1.165) is 19.3 Å². The zero-order valence-corrected chi connectivity index (χ0v) is 10.3. The van der Waals surface area contributed by atoms with E-state index in [1.165, 1.54) is 0 Å². The largest absolute Gasteiger partial charge is 0.310 e. The first-order chi connectivity index (χ1) is 7.00. The highest BCUT2D eigenvalue weighted by Gasteiger charge is 2.38. The molecule has 0 aromatic heterocycles. The molecule has 0 amide bonds. The van der Waals surface area contributed by atoms with Crippen molar-refractivity contribution in [2.24, 2.45) is 0 Å². The SMILES string of the molecule is CC1CCC(N2CCCS2(=O)=O)C(C)N1. The molecule has 5 heteroatoms. The summed E-state index contributed by atoms with van der Waals surface area (Å²) in [5.74, 6) is 0.339. The van der Waals surface area contributed by atoms with Crippen molar-refractivity contribution in [2.75, 3.05) is 12.3 Å². The molecule has 3 atom stereocenters. The second-order valence-corrected chi connectivity index (χ2v) is 6.82. The van der Waals surface area contributed by atoms with Crippen molar-refractivity contribution in [1.82, 2.24) is 9.62 Å². The van der Waals surface area contributed by atoms with Crippen LogP contribution in [0.25, 0.3) is 0 Å². The lowest BCUT2D eigenvalue weighted by Crippen LogP contribution is -2.55. The van der Waals surface area contributed by atoms with E-state index < -0.39 is 10.0 Å². The molecule has 0 aliphatic carbocycles. The van der Waals surface area contributed by atoms with Gasteiger partial charge in [-0.3, -0.25) is 0 Å². The predicted octanol–water partition coefficient (Wildman–Crippen LogP) is 0.551. The molecule has 15 heavy (non-hydrogen) atoms. The highest BCUT2D eigenvalue weighted by Crippen LogP contribution is 2.25. The molecule has 0 spiro atoms. The molecule has 2 aliphatic rings. The van der Waals surface area contributed by atoms with Gasteiger partial charge in [0.2, 0.25) is 10.0 Å². The van der Waals surface area contributed by atoms with Gasteiger partial charge >= 0.3 is 0 Å². The zero-order chi connectivity index (χ0) is 11.1. The molecule has 1 N–H and O–H groups in total. The minimum atomic E-state index is -2.94. The average molecular weight is 232 g/mol. The van der Waals surface area contributed by atoms with Crippen LogP contribution in [0.1, 0.15) is 33.1 Å². The third-order valence-electron chi connectivity index (χ3n) is 3.53. The number of hydrogen-bond donors (Lipinski definition) is 1. The van der Waals surface area contributed by atoms with Crippen molar-refractivity contribution in [2.45, 2.75) is 51.2 Å². The van der Waals surface area contributed by atoms with Crippen LogP contribution in [-0.2, 0) is 10.0 Å². The molecule has 88 valence electrons. The highest BCUT2D eigenvalue weighted by molar-refractivity contribution is 7.89. The topological polar surface area (TPSA) is 49.4 Å². The summed E-state index contributed by atoms with van der Waals surface area (Å²) >= 11 is 0. The standard InChI is InChI=1S/C10H20N2O2S/c1-8-4-5-10(9(2)11-8)12-6-3-7-15(12,13)14/h8-11H,3-7H2,1-2H3. The van der Waals surface area contributed by atoms with Crippen LogP contribution < -0.4 is 5.32 Å². The normalized spacial score (nSPS) is 41.9. The molecule has 2 heterocycles. The predicted molar refractivity (Wildman–Crippen MR) is 60.2 cm³/mol. The smallest absolute Gasteiger partial charge is 0.214 e. The minimum Gasteiger partial charge on any atom is -0.310 e. The van der Waals surface area contributed by atoms with Crippen molar-refractivity contribution < 1.29 is 8.42 Å². The van der Waals surface area contributed by atoms with Gasteiger partial charge in [0, 0.05) is 24.7 Å². The van der Waals surface area contributed by atoms with E-state index in [2.05, 4.69) is 19.2 Å². The van der Waals surface area contributed by atoms with Crippen LogP contribution in [0.3, 0.4) is 0 Å². The molecule has 3 unspecified atom stereocenters. The van der Waals surface area contributed by atoms with Crippen LogP contribution in [0.4, 0.5) is 0 Å². The monoisotopic (exact) mass is 232 g/mol. The van der Waals surface area contributed by atoms with Crippen LogP contribution in [-0.4, -0.2) is 43.1 Å². The lowest BCUT2D eigenvalue weighted by atomic mass is 9.95. The Bertz CT molecular complexity index is 328. The third kappa shape index (κ3) is 2.19. The highest BCUT2D eigenvalue weighted by atomic mass is 32.2. The summed E-state index contributed by atoms with van der Waals surface area (Å²) in [7, 11) is -2.94. The second kappa shape index (κ2) is 4.03. The van der Waals surface area contributed by atoms with Gasteiger partial charge in [-0.1, -0.05) is 0 Å². The van der Waals surface area contributed by atoms with Gasteiger partial charge in [0.05, 0.1) is 5.75 Å². The van der Waals surface area contributed by atoms with Gasteiger partial charge in [-0.05, 0) is 33.1 Å². The molecule has 4 nitrogen and oxygen atoms in total. The van der Waals surface area contributed by atoms with Crippen molar-refractivity contribution in [3.8, 4) is 0 Å². The van der Waals surface area contributed by atoms with Crippen molar-refractivity contribution in [3.05, 3.63) is 0 Å². The number of nitrogens with one attached hydrogen (secondary N) is 1. The molecule has 2 aliphatic heterocycles. The number of rotatable bonds is 1. The second-order valence-electron chi connectivity index (χ2n) is 4.78. The number of nitrogens with zero attached hydrogens (tertiary/aromatic N) is 1. The lowest BCUT2D eigenvalue weighted by molar-refractivity contribution is 0.203. The van der Waals surface area contributed by atoms with E-state index in [1.54, 1.807) is 4.31 Å². The first kappa shape index (κ1) is 11.4. The molecule has 0 aromatic carbocycles. The zero-order valence-electron chi connectivity index (χ0n) is 9.44. The molecular formula is C10H20N2O2S. The Morgan fingerprint density at radius 2 is 2.00 bits per heavy atom. The maximum atomic E-state index is 11.8. The first-order valence-electron chi connectivity index (χ1n) is 5.76. The molecule has 0 bridgehead atoms. The van der Waals surface area contributed by atoms with Crippen LogP contribution in [0, 0.1) is 0 Å². The summed E-state index contributed by atoms with van der Waals surface area (Å²) in [5.41, 5.74) is 0. The van der Waals surface area contributed by atoms with Gasteiger partial charge < -0.3 is 5.32 Å². The van der Waals surface area contributed by atoms with E-state index in [-0.39, 0.29) is 12.1 Å². The minimum absolute atomic E-state index is 0.175. The molecule has 0 radical (unpaired) electrons. The maximum Gasteiger partial charge on any atom is 0.214 e. The fourth-order valence-corrected chi connectivity index (χ4v) is 4.57. The Labute approximate surface area is 92.1 Å². The first-order valence-corrected chi connectivity index (χ1v) is 7.37. The van der Waals surface area contributed by atoms with Gasteiger partial charge in [0.15, 0.2) is 0 Å². The summed E-state index contributed by atoms with van der Waals surface area (Å²) in [5, 5.41) is 3.44. The fourth-order valence-electron chi connectivity index (χ4n) is 2.74. The Kier molecular flexibility index (Phi) is 3.05. The van der Waals surface area contributed by atoms with E-state index in [4.69, 9.17) is 0 Å². The molecule has 0 saturated carbocycles. The molecule has 2 rings (SSSR count). The molecular weight excluding hydrogens is 212 g/mol. The maximum absolute atomic E-state index is 11.8. The Morgan fingerprint density at radius 3 is 2.53 bits per heavy atom. The average Bonchev–Trinajstić information content (AvgIpc) is 2.46. The van der Waals surface area contributed by atoms with Crippen molar-refractivity contribution in [3.63, 3.8) is 0 Å². The summed E-state index contributed by atoms with van der Waals surface area (Å²) in [6.07, 6.45) is 2.86. The summed E-state index contributed by atoms with van der Waals surface area (Å²) in [6, 6.07) is 0.969. The van der Waals surface area contributed by atoms with E-state index in [0.29, 0.717) is 18.3 Å². The van der Waals surface area contributed by atoms with Crippen LogP contribution in [0.2, 0.25) is 0 Å². The van der Waals surface area contributed by atoms with Gasteiger partial charge in [-0.15, -0.1) is 0 Å². The summed E-state index contributed by atoms with van der Waals surface area (Å²) < 4.78 is 25.3. The number of sulfonamides is 1. The van der Waals surface area contributed by atoms with E-state index in [9.17, 15) is 8.42 Å². The van der Waals surface area contributed by atoms with Gasteiger partial charge in [-0.2, -0.15) is 4.31 Å². The number of piperidine rings is 1. The number of hydrogen-bond acceptors (Lipinski definition) is 3. The van der Waals surface area contributed by atoms with Crippen LogP contribution in [0.5, 0.6) is 0 Å². The molecule has 2 saturated heterocycles. The molecule has 0 aromatic rings. The van der Waals surface area contributed by atoms with Crippen molar-refractivity contribution in [1.29, 1.82) is 0 Å². The van der Waals surface area contributed by atoms with E-state index in [1.807, 2.05) is 0 Å². The third-order valence-corrected chi connectivity index (χ3v) is 5.50. The van der Waals surface area contributed by atoms with Crippen molar-refractivity contribution >= 4 is 10.0 Å². The van der Waals surface area contributed by atoms with Gasteiger partial charge in [0.25, 0.3) is 0 Å². The quantitative estimate of drug-likeness (QED) is 0.718.